The zero-order chi connectivity index (χ0) is 17.4. The lowest BCUT2D eigenvalue weighted by atomic mass is 10.2. The number of carbonyl (C=O) groups excluding carboxylic acids is 1. The van der Waals surface area contributed by atoms with E-state index in [1.807, 2.05) is 6.07 Å². The van der Waals surface area contributed by atoms with Crippen molar-refractivity contribution in [1.29, 1.82) is 0 Å². The summed E-state index contributed by atoms with van der Waals surface area (Å²) in [6.45, 7) is 1.24. The van der Waals surface area contributed by atoms with Crippen LogP contribution in [0.2, 0.25) is 0 Å². The minimum Gasteiger partial charge on any atom is -0.491 e. The van der Waals surface area contributed by atoms with Gasteiger partial charge in [-0.3, -0.25) is 0 Å². The average molecular weight is 332 g/mol. The molecule has 0 bridgehead atoms. The Hall–Kier alpha value is -2.60. The van der Waals surface area contributed by atoms with Gasteiger partial charge in [0.25, 0.3) is 0 Å². The molecule has 1 N–H and O–H groups in total. The Bertz CT molecular complexity index is 679. The molecule has 0 spiro atoms. The van der Waals surface area contributed by atoms with Crippen LogP contribution in [0.15, 0.2) is 48.5 Å². The van der Waals surface area contributed by atoms with Crippen LogP contribution in [0.4, 0.5) is 14.9 Å². The molecular formula is C18H21FN2O3. The van der Waals surface area contributed by atoms with Gasteiger partial charge in [0, 0.05) is 32.5 Å². The van der Waals surface area contributed by atoms with Crippen LogP contribution in [0.5, 0.6) is 5.75 Å². The Balaban J connectivity index is 1.92. The van der Waals surface area contributed by atoms with Crippen LogP contribution in [0, 0.1) is 5.82 Å². The smallest absolute Gasteiger partial charge is 0.321 e. The first kappa shape index (κ1) is 17.7. The Kier molecular flexibility index (Phi) is 6.57. The quantitative estimate of drug-likeness (QED) is 0.789. The Labute approximate surface area is 141 Å². The van der Waals surface area contributed by atoms with Crippen molar-refractivity contribution in [3.63, 3.8) is 0 Å². The molecule has 0 saturated heterocycles. The number of carbonyl (C=O) groups is 1. The third-order valence-electron chi connectivity index (χ3n) is 3.30. The Morgan fingerprint density at radius 2 is 1.96 bits per heavy atom. The third kappa shape index (κ3) is 5.55. The molecule has 2 aromatic carbocycles. The zero-order valence-corrected chi connectivity index (χ0v) is 13.8. The lowest BCUT2D eigenvalue weighted by Crippen LogP contribution is -2.30. The number of hydrogen-bond donors (Lipinski definition) is 1. The predicted octanol–water partition coefficient (Wildman–Crippen LogP) is 3.51. The Morgan fingerprint density at radius 3 is 2.71 bits per heavy atom. The molecule has 2 rings (SSSR count). The first-order valence-electron chi connectivity index (χ1n) is 7.57. The molecule has 0 aliphatic carbocycles. The second-order valence-electron chi connectivity index (χ2n) is 5.29. The molecule has 0 unspecified atom stereocenters. The SMILES string of the molecule is COCCOc1cccc(NC(=O)N(C)Cc2cccc(F)c2)c1. The minimum absolute atomic E-state index is 0.284. The fourth-order valence-corrected chi connectivity index (χ4v) is 2.11. The topological polar surface area (TPSA) is 50.8 Å². The van der Waals surface area contributed by atoms with Crippen molar-refractivity contribution < 1.29 is 18.7 Å². The highest BCUT2D eigenvalue weighted by Gasteiger charge is 2.10. The lowest BCUT2D eigenvalue weighted by molar-refractivity contribution is 0.146. The molecule has 5 nitrogen and oxygen atoms in total. The maximum Gasteiger partial charge on any atom is 0.321 e. The average Bonchev–Trinajstić information content (AvgIpc) is 2.55. The van der Waals surface area contributed by atoms with Crippen molar-refractivity contribution >= 4 is 11.7 Å². The summed E-state index contributed by atoms with van der Waals surface area (Å²) in [4.78, 5) is 13.7. The van der Waals surface area contributed by atoms with Crippen molar-refractivity contribution in [2.45, 2.75) is 6.54 Å². The first-order chi connectivity index (χ1) is 11.6. The van der Waals surface area contributed by atoms with Crippen LogP contribution in [-0.2, 0) is 11.3 Å². The number of hydrogen-bond acceptors (Lipinski definition) is 3. The highest BCUT2D eigenvalue weighted by atomic mass is 19.1. The van der Waals surface area contributed by atoms with Crippen molar-refractivity contribution in [3.8, 4) is 5.75 Å². The second-order valence-corrected chi connectivity index (χ2v) is 5.29. The molecule has 24 heavy (non-hydrogen) atoms. The number of rotatable bonds is 7. The van der Waals surface area contributed by atoms with Crippen LogP contribution in [0.1, 0.15) is 5.56 Å². The number of urea groups is 1. The molecule has 128 valence electrons. The van der Waals surface area contributed by atoms with Crippen LogP contribution < -0.4 is 10.1 Å². The van der Waals surface area contributed by atoms with Crippen LogP contribution in [-0.4, -0.2) is 38.3 Å². The van der Waals surface area contributed by atoms with Crippen molar-refractivity contribution in [2.24, 2.45) is 0 Å². The number of amides is 2. The summed E-state index contributed by atoms with van der Waals surface area (Å²) in [7, 11) is 3.26. The molecule has 0 fully saturated rings. The van der Waals surface area contributed by atoms with E-state index >= 15 is 0 Å². The van der Waals surface area contributed by atoms with Gasteiger partial charge in [0.1, 0.15) is 18.2 Å². The van der Waals surface area contributed by atoms with Gasteiger partial charge in [-0.25, -0.2) is 9.18 Å². The highest BCUT2D eigenvalue weighted by molar-refractivity contribution is 5.89. The summed E-state index contributed by atoms with van der Waals surface area (Å²) in [6, 6.07) is 13.0. The van der Waals surface area contributed by atoms with E-state index in [9.17, 15) is 9.18 Å². The van der Waals surface area contributed by atoms with Gasteiger partial charge < -0.3 is 19.7 Å². The van der Waals surface area contributed by atoms with E-state index in [2.05, 4.69) is 5.32 Å². The van der Waals surface area contributed by atoms with Gasteiger partial charge in [0.05, 0.1) is 6.61 Å². The number of nitrogens with one attached hydrogen (secondary N) is 1. The molecule has 0 aliphatic heterocycles. The molecular weight excluding hydrogens is 311 g/mol. The highest BCUT2D eigenvalue weighted by Crippen LogP contribution is 2.18. The molecule has 0 heterocycles. The fourth-order valence-electron chi connectivity index (χ4n) is 2.11. The number of benzene rings is 2. The number of anilines is 1. The van der Waals surface area contributed by atoms with Gasteiger partial charge in [-0.05, 0) is 29.8 Å². The predicted molar refractivity (Wildman–Crippen MR) is 90.7 cm³/mol. The molecule has 6 heteroatoms. The van der Waals surface area contributed by atoms with Gasteiger partial charge in [0.2, 0.25) is 0 Å². The van der Waals surface area contributed by atoms with Gasteiger partial charge >= 0.3 is 6.03 Å². The van der Waals surface area contributed by atoms with Crippen LogP contribution >= 0.6 is 0 Å². The third-order valence-corrected chi connectivity index (χ3v) is 3.30. The molecule has 0 aliphatic rings. The molecule has 2 aromatic rings. The summed E-state index contributed by atoms with van der Waals surface area (Å²) in [6.07, 6.45) is 0. The fraction of sp³-hybridized carbons (Fsp3) is 0.278. The van der Waals surface area contributed by atoms with Gasteiger partial charge in [-0.15, -0.1) is 0 Å². The van der Waals surface area contributed by atoms with E-state index in [4.69, 9.17) is 9.47 Å². The maximum absolute atomic E-state index is 13.2. The van der Waals surface area contributed by atoms with Crippen molar-refractivity contribution in [3.05, 3.63) is 59.9 Å². The van der Waals surface area contributed by atoms with E-state index in [1.165, 1.54) is 17.0 Å². The second kappa shape index (κ2) is 8.88. The number of nitrogens with zero attached hydrogens (tertiary/aromatic N) is 1. The summed E-state index contributed by atoms with van der Waals surface area (Å²) in [5.41, 5.74) is 1.35. The van der Waals surface area contributed by atoms with E-state index in [-0.39, 0.29) is 11.8 Å². The molecule has 0 aromatic heterocycles. The normalized spacial score (nSPS) is 10.3. The molecule has 2 amide bonds. The molecule has 0 saturated carbocycles. The van der Waals surface area contributed by atoms with Crippen LogP contribution in [0.25, 0.3) is 0 Å². The van der Waals surface area contributed by atoms with Crippen molar-refractivity contribution in [1.82, 2.24) is 4.90 Å². The Morgan fingerprint density at radius 1 is 1.17 bits per heavy atom. The summed E-state index contributed by atoms with van der Waals surface area (Å²) < 4.78 is 23.6. The lowest BCUT2D eigenvalue weighted by Gasteiger charge is -2.18. The van der Waals surface area contributed by atoms with Gasteiger partial charge in [-0.2, -0.15) is 0 Å². The van der Waals surface area contributed by atoms with E-state index in [1.54, 1.807) is 44.5 Å². The number of methoxy groups -OCH3 is 1. The standard InChI is InChI=1S/C18H21FN2O3/c1-21(13-14-5-3-6-15(19)11-14)18(22)20-16-7-4-8-17(12-16)24-10-9-23-2/h3-8,11-12H,9-10,13H2,1-2H3,(H,20,22). The number of ether oxygens (including phenoxy) is 2. The first-order valence-corrected chi connectivity index (χ1v) is 7.57. The minimum atomic E-state index is -0.317. The maximum atomic E-state index is 13.2. The monoisotopic (exact) mass is 332 g/mol. The summed E-state index contributed by atoms with van der Waals surface area (Å²) in [5.74, 6) is 0.333. The summed E-state index contributed by atoms with van der Waals surface area (Å²) >= 11 is 0. The number of halogens is 1. The van der Waals surface area contributed by atoms with Gasteiger partial charge in [-0.1, -0.05) is 18.2 Å². The summed E-state index contributed by atoms with van der Waals surface area (Å²) in [5, 5.41) is 2.79. The van der Waals surface area contributed by atoms with E-state index in [0.29, 0.717) is 31.2 Å². The van der Waals surface area contributed by atoms with Gasteiger partial charge in [0.15, 0.2) is 0 Å². The zero-order valence-electron chi connectivity index (χ0n) is 13.8. The van der Waals surface area contributed by atoms with E-state index in [0.717, 1.165) is 5.56 Å². The van der Waals surface area contributed by atoms with Crippen molar-refractivity contribution in [2.75, 3.05) is 32.7 Å². The van der Waals surface area contributed by atoms with Crippen LogP contribution in [0.3, 0.4) is 0 Å². The van der Waals surface area contributed by atoms with E-state index < -0.39 is 0 Å². The molecule has 0 atom stereocenters. The largest absolute Gasteiger partial charge is 0.491 e. The molecule has 0 radical (unpaired) electrons.